The largest absolute Gasteiger partial charge is 0.310 e. The SMILES string of the molecule is CC(C)(C)c1cc(-n2c3ccccc3c3cc4c5c(c6ccccc6n5-c5cc(-n6c7ccccc7c7ccccc76)cc6c5B4c4cc5c(cc4S6)C4(c6ccccc6-c6ccccc64)c4ccccc4-5)c32)cc(C(C)(C)C)c1. The summed E-state index contributed by atoms with van der Waals surface area (Å²) in [5.74, 6) is 0. The minimum absolute atomic E-state index is 0.0526. The summed E-state index contributed by atoms with van der Waals surface area (Å²) in [6, 6.07) is 84.5. The average molecular weight is 1040 g/mol. The Morgan fingerprint density at radius 3 is 1.41 bits per heavy atom. The van der Waals surface area contributed by atoms with Gasteiger partial charge in [0.25, 0.3) is 0 Å². The Kier molecular flexibility index (Phi) is 8.64. The summed E-state index contributed by atoms with van der Waals surface area (Å²) in [5.41, 5.74) is 28.2. The summed E-state index contributed by atoms with van der Waals surface area (Å²) in [6.07, 6.45) is 0. The molecule has 1 spiro atoms. The molecule has 0 amide bonds. The zero-order valence-electron chi connectivity index (χ0n) is 45.6. The maximum absolute atomic E-state index is 2.68. The molecule has 14 aromatic rings. The highest BCUT2D eigenvalue weighted by atomic mass is 32.2. The van der Waals surface area contributed by atoms with E-state index in [0.717, 1.165) is 0 Å². The maximum atomic E-state index is 2.68. The summed E-state index contributed by atoms with van der Waals surface area (Å²) in [6.45, 7) is 14.1. The molecule has 0 bridgehead atoms. The van der Waals surface area contributed by atoms with Crippen LogP contribution in [0.15, 0.2) is 228 Å². The second kappa shape index (κ2) is 15.3. The summed E-state index contributed by atoms with van der Waals surface area (Å²) in [7, 11) is 0. The third-order valence-electron chi connectivity index (χ3n) is 18.9. The number of hydrogen-bond donors (Lipinski definition) is 0. The normalized spacial score (nSPS) is 14.4. The van der Waals surface area contributed by atoms with Gasteiger partial charge in [0, 0.05) is 59.2 Å². The van der Waals surface area contributed by atoms with Gasteiger partial charge in [0.05, 0.1) is 38.5 Å². The van der Waals surface area contributed by atoms with Crippen LogP contribution in [-0.2, 0) is 16.2 Å². The van der Waals surface area contributed by atoms with E-state index >= 15 is 0 Å². The number of fused-ring (bicyclic) bond motifs is 24. The molecule has 0 saturated heterocycles. The van der Waals surface area contributed by atoms with Crippen LogP contribution in [-0.4, -0.2) is 20.4 Å². The highest BCUT2D eigenvalue weighted by Crippen LogP contribution is 2.63. The zero-order valence-corrected chi connectivity index (χ0v) is 46.4. The van der Waals surface area contributed by atoms with Gasteiger partial charge in [-0.05, 0) is 132 Å². The number of benzene rings is 11. The van der Waals surface area contributed by atoms with Crippen LogP contribution in [0.5, 0.6) is 0 Å². The van der Waals surface area contributed by atoms with Crippen molar-refractivity contribution >= 4 is 100 Å². The predicted molar refractivity (Wildman–Crippen MR) is 338 cm³/mol. The fraction of sp³-hybridized carbons (Fsp3) is 0.120. The molecule has 5 heterocycles. The topological polar surface area (TPSA) is 14.8 Å². The van der Waals surface area contributed by atoms with Gasteiger partial charge in [-0.3, -0.25) is 0 Å². The first-order valence-electron chi connectivity index (χ1n) is 28.4. The molecule has 0 N–H and O–H groups in total. The summed E-state index contributed by atoms with van der Waals surface area (Å²) >= 11 is 1.98. The molecule has 4 aliphatic rings. The second-order valence-corrected chi connectivity index (χ2v) is 26.2. The van der Waals surface area contributed by atoms with Crippen molar-refractivity contribution in [1.29, 1.82) is 0 Å². The molecule has 3 nitrogen and oxygen atoms in total. The third-order valence-corrected chi connectivity index (χ3v) is 20.1. The van der Waals surface area contributed by atoms with Crippen molar-refractivity contribution in [2.24, 2.45) is 0 Å². The molecule has 2 aliphatic carbocycles. The molecule has 0 atom stereocenters. The van der Waals surface area contributed by atoms with Crippen molar-refractivity contribution in [2.75, 3.05) is 0 Å². The molecule has 80 heavy (non-hydrogen) atoms. The average Bonchev–Trinajstić information content (AvgIpc) is 2.38. The molecule has 378 valence electrons. The number of nitrogens with zero attached hydrogens (tertiary/aromatic N) is 3. The molecule has 0 unspecified atom stereocenters. The van der Waals surface area contributed by atoms with E-state index in [1.165, 1.54) is 164 Å². The van der Waals surface area contributed by atoms with E-state index < -0.39 is 5.41 Å². The highest BCUT2D eigenvalue weighted by molar-refractivity contribution is 8.00. The minimum atomic E-state index is -0.449. The Morgan fingerprint density at radius 2 is 0.838 bits per heavy atom. The molecular formula is C75H54BN3S. The molecule has 0 radical (unpaired) electrons. The zero-order chi connectivity index (χ0) is 53.3. The van der Waals surface area contributed by atoms with Gasteiger partial charge in [0.1, 0.15) is 0 Å². The van der Waals surface area contributed by atoms with E-state index in [1.54, 1.807) is 0 Å². The van der Waals surface area contributed by atoms with E-state index in [9.17, 15) is 0 Å². The molecule has 0 fully saturated rings. The molecule has 3 aromatic heterocycles. The van der Waals surface area contributed by atoms with E-state index in [1.807, 2.05) is 11.8 Å². The lowest BCUT2D eigenvalue weighted by molar-refractivity contribution is 0.568. The Hall–Kier alpha value is -8.77. The van der Waals surface area contributed by atoms with Crippen LogP contribution in [0.25, 0.3) is 105 Å². The van der Waals surface area contributed by atoms with Crippen molar-refractivity contribution in [2.45, 2.75) is 67.6 Å². The van der Waals surface area contributed by atoms with Gasteiger partial charge in [0.2, 0.25) is 6.71 Å². The van der Waals surface area contributed by atoms with Crippen LogP contribution in [0.4, 0.5) is 0 Å². The number of hydrogen-bond acceptors (Lipinski definition) is 1. The van der Waals surface area contributed by atoms with Gasteiger partial charge in [-0.25, -0.2) is 0 Å². The van der Waals surface area contributed by atoms with Gasteiger partial charge in [-0.15, -0.1) is 0 Å². The first-order chi connectivity index (χ1) is 39.0. The highest BCUT2D eigenvalue weighted by Gasteiger charge is 2.53. The molecule has 5 heteroatoms. The van der Waals surface area contributed by atoms with Gasteiger partial charge in [0.15, 0.2) is 0 Å². The molecule has 0 saturated carbocycles. The lowest BCUT2D eigenvalue weighted by Crippen LogP contribution is -2.59. The van der Waals surface area contributed by atoms with Gasteiger partial charge < -0.3 is 13.7 Å². The van der Waals surface area contributed by atoms with E-state index in [-0.39, 0.29) is 17.5 Å². The molecule has 11 aromatic carbocycles. The predicted octanol–water partition coefficient (Wildman–Crippen LogP) is 17.2. The fourth-order valence-corrected chi connectivity index (χ4v) is 16.7. The summed E-state index contributed by atoms with van der Waals surface area (Å²) < 4.78 is 7.84. The van der Waals surface area contributed by atoms with Crippen LogP contribution in [0.3, 0.4) is 0 Å². The first kappa shape index (κ1) is 45.1. The van der Waals surface area contributed by atoms with Gasteiger partial charge in [-0.1, -0.05) is 223 Å². The lowest BCUT2D eigenvalue weighted by atomic mass is 9.35. The Morgan fingerprint density at radius 1 is 0.362 bits per heavy atom. The van der Waals surface area contributed by atoms with Gasteiger partial charge in [-0.2, -0.15) is 0 Å². The number of para-hydroxylation sites is 4. The fourth-order valence-electron chi connectivity index (χ4n) is 15.5. The Labute approximate surface area is 469 Å². The molecular weight excluding hydrogens is 986 g/mol. The van der Waals surface area contributed by atoms with E-state index in [0.29, 0.717) is 0 Å². The van der Waals surface area contributed by atoms with Crippen molar-refractivity contribution in [1.82, 2.24) is 13.7 Å². The van der Waals surface area contributed by atoms with Gasteiger partial charge >= 0.3 is 0 Å². The standard InChI is InChI=1S/C75H54BN3S/c1-73(2,3)43-35-44(74(4,5)6)37-45(36-43)78-64-33-19-12-26-52(64)55-41-61-72-69(71(55)78)53-27-13-20-34-65(53)79(72)66-38-46(77-62-31-17-10-24-50(62)51-25-11-18-32-63(51)77)39-68-70(66)76(61)60-40-54-49-23-9-16-30-58(49)75(59(54)42-67(60)80-68)56-28-14-7-21-47(56)48-22-8-15-29-57(48)75/h7-42H,1-6H3. The van der Waals surface area contributed by atoms with E-state index in [4.69, 9.17) is 0 Å². The second-order valence-electron chi connectivity index (χ2n) is 25.2. The van der Waals surface area contributed by atoms with Crippen LogP contribution in [0.2, 0.25) is 0 Å². The molecule has 18 rings (SSSR count). The monoisotopic (exact) mass is 1040 g/mol. The Balaban J connectivity index is 1.01. The first-order valence-corrected chi connectivity index (χ1v) is 29.3. The lowest BCUT2D eigenvalue weighted by Gasteiger charge is -2.35. The quantitative estimate of drug-likeness (QED) is 0.158. The van der Waals surface area contributed by atoms with E-state index in [2.05, 4.69) is 274 Å². The summed E-state index contributed by atoms with van der Waals surface area (Å²) in [4.78, 5) is 2.64. The van der Waals surface area contributed by atoms with Crippen LogP contribution in [0.1, 0.15) is 74.9 Å². The van der Waals surface area contributed by atoms with Crippen molar-refractivity contribution in [3.05, 3.63) is 252 Å². The van der Waals surface area contributed by atoms with Crippen molar-refractivity contribution in [3.63, 3.8) is 0 Å². The van der Waals surface area contributed by atoms with Crippen molar-refractivity contribution < 1.29 is 0 Å². The number of aromatic nitrogens is 3. The van der Waals surface area contributed by atoms with Crippen LogP contribution >= 0.6 is 11.8 Å². The van der Waals surface area contributed by atoms with Crippen LogP contribution in [0, 0.1) is 0 Å². The smallest absolute Gasteiger partial charge is 0.249 e. The van der Waals surface area contributed by atoms with Crippen molar-refractivity contribution in [3.8, 4) is 39.3 Å². The minimum Gasteiger partial charge on any atom is -0.310 e. The number of rotatable bonds is 2. The summed E-state index contributed by atoms with van der Waals surface area (Å²) in [5, 5.41) is 7.68. The maximum Gasteiger partial charge on any atom is 0.249 e. The Bertz CT molecular complexity index is 5010. The third kappa shape index (κ3) is 5.59. The van der Waals surface area contributed by atoms with Crippen LogP contribution < -0.4 is 16.4 Å². The molecule has 2 aliphatic heterocycles.